The van der Waals surface area contributed by atoms with E-state index < -0.39 is 10.0 Å². The van der Waals surface area contributed by atoms with E-state index in [1.807, 2.05) is 44.2 Å². The van der Waals surface area contributed by atoms with Crippen molar-refractivity contribution in [3.8, 4) is 11.8 Å². The van der Waals surface area contributed by atoms with Gasteiger partial charge in [0.25, 0.3) is 0 Å². The van der Waals surface area contributed by atoms with Crippen molar-refractivity contribution in [3.63, 3.8) is 0 Å². The molecule has 0 aliphatic rings. The molecule has 0 amide bonds. The van der Waals surface area contributed by atoms with Gasteiger partial charge in [0.15, 0.2) is 0 Å². The molecule has 0 saturated heterocycles. The van der Waals surface area contributed by atoms with Crippen LogP contribution in [0.5, 0.6) is 0 Å². The monoisotopic (exact) mass is 393 g/mol. The van der Waals surface area contributed by atoms with Crippen LogP contribution in [0.3, 0.4) is 0 Å². The maximum absolute atomic E-state index is 13.1. The third-order valence-electron chi connectivity index (χ3n) is 4.41. The van der Waals surface area contributed by atoms with Crippen LogP contribution in [-0.2, 0) is 10.0 Å². The minimum absolute atomic E-state index is 0.115. The van der Waals surface area contributed by atoms with Gasteiger partial charge in [-0.1, -0.05) is 61.6 Å². The molecule has 3 nitrogen and oxygen atoms in total. The number of aryl methyl sites for hydroxylation is 1. The molecule has 2 aromatic rings. The molecule has 0 heterocycles. The average Bonchev–Trinajstić information content (AvgIpc) is 2.67. The highest BCUT2D eigenvalue weighted by Crippen LogP contribution is 2.16. The van der Waals surface area contributed by atoms with Crippen LogP contribution >= 0.6 is 0 Å². The first-order valence-electron chi connectivity index (χ1n) is 9.33. The Morgan fingerprint density at radius 3 is 2.32 bits per heavy atom. The van der Waals surface area contributed by atoms with Crippen LogP contribution < -0.4 is 0 Å². The summed E-state index contributed by atoms with van der Waals surface area (Å²) in [5.41, 5.74) is 6.16. The van der Waals surface area contributed by atoms with Gasteiger partial charge in [0.1, 0.15) is 0 Å². The Bertz CT molecular complexity index is 1000. The topological polar surface area (TPSA) is 37.4 Å². The lowest BCUT2D eigenvalue weighted by Crippen LogP contribution is -2.31. The molecule has 0 fully saturated rings. The first-order chi connectivity index (χ1) is 13.3. The van der Waals surface area contributed by atoms with Gasteiger partial charge >= 0.3 is 0 Å². The highest BCUT2D eigenvalue weighted by atomic mass is 32.2. The summed E-state index contributed by atoms with van der Waals surface area (Å²) < 4.78 is 27.6. The second-order valence-electron chi connectivity index (χ2n) is 6.96. The molecule has 0 aromatic heterocycles. The molecule has 0 spiro atoms. The lowest BCUT2D eigenvalue weighted by atomic mass is 10.1. The SMILES string of the molecule is CC(=C=CCN(CC#Cc1ccccc1)S(=O)(=O)c1ccc(C)cc1)C(C)C. The lowest BCUT2D eigenvalue weighted by molar-refractivity contribution is 0.478. The molecule has 0 saturated carbocycles. The van der Waals surface area contributed by atoms with Crippen LogP contribution in [0.4, 0.5) is 0 Å². The normalized spacial score (nSPS) is 10.9. The number of nitrogens with zero attached hydrogens (tertiary/aromatic N) is 1. The first kappa shape index (κ1) is 21.7. The summed E-state index contributed by atoms with van der Waals surface area (Å²) in [6, 6.07) is 16.4. The molecule has 0 aliphatic carbocycles. The second kappa shape index (κ2) is 10.1. The third-order valence-corrected chi connectivity index (χ3v) is 6.24. The van der Waals surface area contributed by atoms with Crippen LogP contribution in [0.25, 0.3) is 0 Å². The van der Waals surface area contributed by atoms with Gasteiger partial charge in [-0.2, -0.15) is 4.31 Å². The van der Waals surface area contributed by atoms with Crippen LogP contribution in [0, 0.1) is 24.7 Å². The summed E-state index contributed by atoms with van der Waals surface area (Å²) in [5, 5.41) is 0. The Labute approximate surface area is 169 Å². The second-order valence-corrected chi connectivity index (χ2v) is 8.90. The van der Waals surface area contributed by atoms with Gasteiger partial charge in [0, 0.05) is 12.1 Å². The predicted octanol–water partition coefficient (Wildman–Crippen LogP) is 4.79. The lowest BCUT2D eigenvalue weighted by Gasteiger charge is -2.18. The highest BCUT2D eigenvalue weighted by molar-refractivity contribution is 7.89. The van der Waals surface area contributed by atoms with Crippen LogP contribution in [0.15, 0.2) is 76.9 Å². The maximum atomic E-state index is 13.1. The van der Waals surface area contributed by atoms with Crippen molar-refractivity contribution in [1.29, 1.82) is 0 Å². The Morgan fingerprint density at radius 1 is 1.07 bits per heavy atom. The summed E-state index contributed by atoms with van der Waals surface area (Å²) in [6.45, 7) is 8.44. The largest absolute Gasteiger partial charge is 0.244 e. The van der Waals surface area contributed by atoms with Crippen molar-refractivity contribution in [2.24, 2.45) is 5.92 Å². The van der Waals surface area contributed by atoms with E-state index in [4.69, 9.17) is 0 Å². The van der Waals surface area contributed by atoms with Gasteiger partial charge in [-0.15, -0.1) is 5.73 Å². The molecule has 28 heavy (non-hydrogen) atoms. The molecule has 0 aliphatic heterocycles. The van der Waals surface area contributed by atoms with E-state index in [9.17, 15) is 8.42 Å². The minimum atomic E-state index is -3.64. The molecule has 0 atom stereocenters. The van der Waals surface area contributed by atoms with Crippen molar-refractivity contribution in [2.45, 2.75) is 32.6 Å². The fourth-order valence-corrected chi connectivity index (χ4v) is 3.62. The number of hydrogen-bond acceptors (Lipinski definition) is 2. The number of hydrogen-bond donors (Lipinski definition) is 0. The van der Waals surface area contributed by atoms with E-state index in [0.717, 1.165) is 16.7 Å². The molecule has 0 unspecified atom stereocenters. The zero-order valence-corrected chi connectivity index (χ0v) is 17.8. The summed E-state index contributed by atoms with van der Waals surface area (Å²) in [6.07, 6.45) is 1.77. The molecule has 2 aromatic carbocycles. The van der Waals surface area contributed by atoms with E-state index in [1.165, 1.54) is 4.31 Å². The van der Waals surface area contributed by atoms with E-state index in [2.05, 4.69) is 31.4 Å². The van der Waals surface area contributed by atoms with Crippen molar-refractivity contribution in [3.05, 3.63) is 83.1 Å². The average molecular weight is 394 g/mol. The Balaban J connectivity index is 2.31. The molecule has 0 bridgehead atoms. The summed E-state index contributed by atoms with van der Waals surface area (Å²) in [5.74, 6) is 6.39. The van der Waals surface area contributed by atoms with Crippen LogP contribution in [0.1, 0.15) is 31.9 Å². The number of sulfonamides is 1. The van der Waals surface area contributed by atoms with Gasteiger partial charge in [0.2, 0.25) is 10.0 Å². The van der Waals surface area contributed by atoms with E-state index in [0.29, 0.717) is 5.92 Å². The highest BCUT2D eigenvalue weighted by Gasteiger charge is 2.22. The number of benzene rings is 2. The quantitative estimate of drug-likeness (QED) is 0.522. The zero-order chi connectivity index (χ0) is 20.6. The van der Waals surface area contributed by atoms with E-state index >= 15 is 0 Å². The molecule has 0 N–H and O–H groups in total. The van der Waals surface area contributed by atoms with Crippen molar-refractivity contribution in [1.82, 2.24) is 4.31 Å². The molecule has 0 radical (unpaired) electrons. The summed E-state index contributed by atoms with van der Waals surface area (Å²) in [4.78, 5) is 0.276. The third kappa shape index (κ3) is 6.25. The Morgan fingerprint density at radius 2 is 1.71 bits per heavy atom. The molecule has 2 rings (SSSR count). The minimum Gasteiger partial charge on any atom is -0.207 e. The van der Waals surface area contributed by atoms with Gasteiger partial charge in [-0.3, -0.25) is 0 Å². The maximum Gasteiger partial charge on any atom is 0.244 e. The van der Waals surface area contributed by atoms with Crippen molar-refractivity contribution < 1.29 is 8.42 Å². The Hall–Kier alpha value is -2.57. The molecular formula is C24H27NO2S. The zero-order valence-electron chi connectivity index (χ0n) is 16.9. The van der Waals surface area contributed by atoms with Gasteiger partial charge in [-0.05, 0) is 55.7 Å². The number of rotatable bonds is 6. The van der Waals surface area contributed by atoms with Crippen molar-refractivity contribution >= 4 is 10.0 Å². The summed E-state index contributed by atoms with van der Waals surface area (Å²) in [7, 11) is -3.64. The van der Waals surface area contributed by atoms with Crippen LogP contribution in [0.2, 0.25) is 0 Å². The van der Waals surface area contributed by atoms with E-state index in [1.54, 1.807) is 30.3 Å². The first-order valence-corrected chi connectivity index (χ1v) is 10.8. The van der Waals surface area contributed by atoms with Gasteiger partial charge in [0.05, 0.1) is 11.4 Å². The Kier molecular flexibility index (Phi) is 7.84. The molecule has 146 valence electrons. The smallest absolute Gasteiger partial charge is 0.207 e. The van der Waals surface area contributed by atoms with Gasteiger partial charge in [-0.25, -0.2) is 8.42 Å². The molecular weight excluding hydrogens is 366 g/mol. The van der Waals surface area contributed by atoms with Crippen molar-refractivity contribution in [2.75, 3.05) is 13.1 Å². The fraction of sp³-hybridized carbons (Fsp3) is 0.292. The van der Waals surface area contributed by atoms with Gasteiger partial charge < -0.3 is 0 Å². The standard InChI is InChI=1S/C24H27NO2S/c1-20(2)22(4)10-8-18-25(19-9-13-23-11-6-5-7-12-23)28(26,27)24-16-14-21(3)15-17-24/h5-8,11-12,14-17,20H,18-19H2,1-4H3. The predicted molar refractivity (Wildman–Crippen MR) is 115 cm³/mol. The fourth-order valence-electron chi connectivity index (χ4n) is 2.33. The molecule has 4 heteroatoms. The van der Waals surface area contributed by atoms with E-state index in [-0.39, 0.29) is 18.0 Å². The summed E-state index contributed by atoms with van der Waals surface area (Å²) >= 11 is 0. The van der Waals surface area contributed by atoms with Crippen LogP contribution in [-0.4, -0.2) is 25.8 Å².